The Labute approximate surface area is 170 Å². The summed E-state index contributed by atoms with van der Waals surface area (Å²) in [5, 5.41) is 14.2. The predicted octanol–water partition coefficient (Wildman–Crippen LogP) is 4.18. The normalized spacial score (nSPS) is 15.2. The first-order valence-corrected chi connectivity index (χ1v) is 9.87. The number of ether oxygens (including phenoxy) is 3. The summed E-state index contributed by atoms with van der Waals surface area (Å²) in [6.07, 6.45) is 2.02. The molecule has 0 fully saturated rings. The fourth-order valence-electron chi connectivity index (χ4n) is 3.91. The van der Waals surface area contributed by atoms with Crippen LogP contribution < -0.4 is 19.5 Å². The third-order valence-electron chi connectivity index (χ3n) is 5.13. The van der Waals surface area contributed by atoms with E-state index in [1.54, 1.807) is 19.2 Å². The van der Waals surface area contributed by atoms with Crippen molar-refractivity contribution in [2.24, 2.45) is 0 Å². The van der Waals surface area contributed by atoms with Gasteiger partial charge in [-0.1, -0.05) is 6.07 Å². The van der Waals surface area contributed by atoms with Crippen molar-refractivity contribution < 1.29 is 19.3 Å². The molecule has 0 spiro atoms. The van der Waals surface area contributed by atoms with E-state index in [4.69, 9.17) is 14.2 Å². The van der Waals surface area contributed by atoms with Crippen LogP contribution in [0.3, 0.4) is 0 Å². The van der Waals surface area contributed by atoms with Gasteiger partial charge in [0.15, 0.2) is 11.5 Å². The third-order valence-corrected chi connectivity index (χ3v) is 5.13. The Kier molecular flexibility index (Phi) is 5.36. The molecule has 1 atom stereocenters. The van der Waals surface area contributed by atoms with Gasteiger partial charge < -0.3 is 29.2 Å². The predicted molar refractivity (Wildman–Crippen MR) is 111 cm³/mol. The minimum atomic E-state index is -0.236. The third kappa shape index (κ3) is 3.40. The molecule has 3 aromatic rings. The van der Waals surface area contributed by atoms with Crippen LogP contribution in [0, 0.1) is 0 Å². The summed E-state index contributed by atoms with van der Waals surface area (Å²) < 4.78 is 19.3. The molecule has 1 aliphatic rings. The highest BCUT2D eigenvalue weighted by Gasteiger charge is 2.28. The Bertz CT molecular complexity index is 1010. The lowest BCUT2D eigenvalue weighted by molar-refractivity contribution is 0.287. The Morgan fingerprint density at radius 3 is 2.52 bits per heavy atom. The van der Waals surface area contributed by atoms with Gasteiger partial charge in [0.25, 0.3) is 0 Å². The molecule has 2 aromatic carbocycles. The highest BCUT2D eigenvalue weighted by Crippen LogP contribution is 2.41. The summed E-state index contributed by atoms with van der Waals surface area (Å²) in [7, 11) is 1.62. The standard InChI is InChI=1S/C23H26N2O4/c1-4-28-20-12-15-14-24-23(22-18(26)9-6-10-19(22)27-3)16-8-7-11-25(16)17(15)13-21(20)29-5-2/h6-13,23-24,26H,4-5,14H2,1-3H3/t23-/m0/s1. The number of aromatic hydroxyl groups is 1. The lowest BCUT2D eigenvalue weighted by Gasteiger charge is -2.21. The van der Waals surface area contributed by atoms with E-state index in [1.807, 2.05) is 44.3 Å². The summed E-state index contributed by atoms with van der Waals surface area (Å²) in [4.78, 5) is 0. The lowest BCUT2D eigenvalue weighted by Crippen LogP contribution is -2.22. The van der Waals surface area contributed by atoms with Crippen molar-refractivity contribution in [3.05, 3.63) is 65.5 Å². The fraction of sp³-hybridized carbons (Fsp3) is 0.304. The van der Waals surface area contributed by atoms with E-state index in [9.17, 15) is 5.11 Å². The number of aromatic nitrogens is 1. The molecule has 4 rings (SSSR count). The monoisotopic (exact) mass is 394 g/mol. The summed E-state index contributed by atoms with van der Waals surface area (Å²) in [5.74, 6) is 2.31. The zero-order valence-corrected chi connectivity index (χ0v) is 16.9. The van der Waals surface area contributed by atoms with Crippen LogP contribution in [0.15, 0.2) is 48.7 Å². The van der Waals surface area contributed by atoms with Crippen LogP contribution in [-0.2, 0) is 6.54 Å². The van der Waals surface area contributed by atoms with E-state index in [1.165, 1.54) is 0 Å². The van der Waals surface area contributed by atoms with E-state index in [2.05, 4.69) is 16.0 Å². The molecule has 0 radical (unpaired) electrons. The van der Waals surface area contributed by atoms with Crippen molar-refractivity contribution >= 4 is 0 Å². The van der Waals surface area contributed by atoms with Crippen LogP contribution >= 0.6 is 0 Å². The largest absolute Gasteiger partial charge is 0.507 e. The number of nitrogens with zero attached hydrogens (tertiary/aromatic N) is 1. The Balaban J connectivity index is 1.86. The molecule has 2 N–H and O–H groups in total. The van der Waals surface area contributed by atoms with E-state index in [-0.39, 0.29) is 11.8 Å². The van der Waals surface area contributed by atoms with Gasteiger partial charge in [-0.25, -0.2) is 0 Å². The van der Waals surface area contributed by atoms with Crippen LogP contribution in [0.5, 0.6) is 23.0 Å². The molecule has 0 aliphatic carbocycles. The summed E-state index contributed by atoms with van der Waals surface area (Å²) in [6.45, 7) is 5.66. The van der Waals surface area contributed by atoms with Crippen molar-refractivity contribution in [2.45, 2.75) is 26.4 Å². The molecule has 152 valence electrons. The van der Waals surface area contributed by atoms with Crippen LogP contribution in [0.4, 0.5) is 0 Å². The number of nitrogens with one attached hydrogen (secondary N) is 1. The molecule has 6 nitrogen and oxygen atoms in total. The van der Waals surface area contributed by atoms with Crippen molar-refractivity contribution in [2.75, 3.05) is 20.3 Å². The topological polar surface area (TPSA) is 64.9 Å². The number of benzene rings is 2. The number of methoxy groups -OCH3 is 1. The summed E-state index contributed by atoms with van der Waals surface area (Å²) >= 11 is 0. The Morgan fingerprint density at radius 2 is 1.79 bits per heavy atom. The maximum Gasteiger partial charge on any atom is 0.163 e. The Morgan fingerprint density at radius 1 is 1.03 bits per heavy atom. The van der Waals surface area contributed by atoms with Gasteiger partial charge in [-0.2, -0.15) is 0 Å². The van der Waals surface area contributed by atoms with Crippen LogP contribution in [0.2, 0.25) is 0 Å². The van der Waals surface area contributed by atoms with E-state index >= 15 is 0 Å². The van der Waals surface area contributed by atoms with Gasteiger partial charge in [0.1, 0.15) is 11.5 Å². The highest BCUT2D eigenvalue weighted by atomic mass is 16.5. The van der Waals surface area contributed by atoms with Gasteiger partial charge in [0.05, 0.1) is 37.6 Å². The number of hydrogen-bond donors (Lipinski definition) is 2. The van der Waals surface area contributed by atoms with Gasteiger partial charge >= 0.3 is 0 Å². The van der Waals surface area contributed by atoms with Gasteiger partial charge in [-0.05, 0) is 49.7 Å². The number of hydrogen-bond acceptors (Lipinski definition) is 5. The molecule has 29 heavy (non-hydrogen) atoms. The molecule has 0 saturated carbocycles. The van der Waals surface area contributed by atoms with Crippen LogP contribution in [0.1, 0.15) is 36.7 Å². The number of phenols is 1. The van der Waals surface area contributed by atoms with Crippen molar-refractivity contribution in [1.82, 2.24) is 9.88 Å². The zero-order valence-electron chi connectivity index (χ0n) is 16.9. The van der Waals surface area contributed by atoms with Crippen molar-refractivity contribution in [1.29, 1.82) is 0 Å². The molecular weight excluding hydrogens is 368 g/mol. The molecule has 1 aromatic heterocycles. The van der Waals surface area contributed by atoms with Gasteiger partial charge in [-0.3, -0.25) is 0 Å². The first-order chi connectivity index (χ1) is 14.2. The molecule has 2 heterocycles. The van der Waals surface area contributed by atoms with E-state index < -0.39 is 0 Å². The lowest BCUT2D eigenvalue weighted by atomic mass is 10.0. The van der Waals surface area contributed by atoms with Crippen molar-refractivity contribution in [3.63, 3.8) is 0 Å². The van der Waals surface area contributed by atoms with Gasteiger partial charge in [-0.15, -0.1) is 0 Å². The SMILES string of the molecule is CCOc1cc2c(cc1OCC)-n1cccc1[C@@H](c1c(O)cccc1OC)NC2. The number of rotatable bonds is 6. The fourth-order valence-corrected chi connectivity index (χ4v) is 3.91. The molecule has 6 heteroatoms. The second-order valence-corrected chi connectivity index (χ2v) is 6.80. The maximum absolute atomic E-state index is 10.6. The number of fused-ring (bicyclic) bond motifs is 3. The number of phenolic OH excluding ortho intramolecular Hbond substituents is 1. The molecule has 0 saturated heterocycles. The van der Waals surface area contributed by atoms with Gasteiger partial charge in [0, 0.05) is 24.5 Å². The Hall–Kier alpha value is -3.12. The highest BCUT2D eigenvalue weighted by molar-refractivity contribution is 5.58. The second-order valence-electron chi connectivity index (χ2n) is 6.80. The average Bonchev–Trinajstić information content (AvgIpc) is 3.15. The zero-order chi connectivity index (χ0) is 20.4. The smallest absolute Gasteiger partial charge is 0.163 e. The maximum atomic E-state index is 10.6. The molecule has 0 bridgehead atoms. The minimum absolute atomic E-state index is 0.200. The molecular formula is C23H26N2O4. The van der Waals surface area contributed by atoms with Crippen molar-refractivity contribution in [3.8, 4) is 28.7 Å². The van der Waals surface area contributed by atoms with Crippen LogP contribution in [0.25, 0.3) is 5.69 Å². The first-order valence-electron chi connectivity index (χ1n) is 9.87. The van der Waals surface area contributed by atoms with Crippen LogP contribution in [-0.4, -0.2) is 30.0 Å². The minimum Gasteiger partial charge on any atom is -0.507 e. The summed E-state index contributed by atoms with van der Waals surface area (Å²) in [6, 6.07) is 13.2. The summed E-state index contributed by atoms with van der Waals surface area (Å²) in [5.41, 5.74) is 3.85. The van der Waals surface area contributed by atoms with E-state index in [0.717, 1.165) is 34.0 Å². The molecule has 0 unspecified atom stereocenters. The molecule has 0 amide bonds. The second kappa shape index (κ2) is 8.09. The van der Waals surface area contributed by atoms with E-state index in [0.29, 0.717) is 25.5 Å². The average molecular weight is 394 g/mol. The molecule has 1 aliphatic heterocycles. The first kappa shape index (κ1) is 19.2. The quantitative estimate of drug-likeness (QED) is 0.657. The van der Waals surface area contributed by atoms with Gasteiger partial charge in [0.2, 0.25) is 0 Å².